The smallest absolute Gasteiger partial charge is 0.179 e. The van der Waals surface area contributed by atoms with E-state index >= 15 is 0 Å². The van der Waals surface area contributed by atoms with E-state index in [0.29, 0.717) is 29.9 Å². The van der Waals surface area contributed by atoms with Crippen molar-refractivity contribution >= 4 is 11.6 Å². The second-order valence-corrected chi connectivity index (χ2v) is 7.24. The summed E-state index contributed by atoms with van der Waals surface area (Å²) in [5.41, 5.74) is 8.85. The van der Waals surface area contributed by atoms with Crippen LogP contribution in [0.4, 0.5) is 0 Å². The van der Waals surface area contributed by atoms with Gasteiger partial charge in [-0.1, -0.05) is 41.9 Å². The lowest BCUT2D eigenvalue weighted by molar-refractivity contribution is 0.296. The van der Waals surface area contributed by atoms with Crippen LogP contribution in [0.5, 0.6) is 11.5 Å². The monoisotopic (exact) mass is 358 g/mol. The molecule has 132 valence electrons. The molecule has 25 heavy (non-hydrogen) atoms. The molecule has 0 saturated carbocycles. The third-order valence-electron chi connectivity index (χ3n) is 4.94. The molecule has 2 aromatic rings. The fraction of sp³-hybridized carbons (Fsp3) is 0.400. The first-order valence-corrected chi connectivity index (χ1v) is 9.19. The van der Waals surface area contributed by atoms with E-state index in [-0.39, 0.29) is 6.04 Å². The molecule has 0 spiro atoms. The molecule has 0 radical (unpaired) electrons. The average molecular weight is 359 g/mol. The minimum atomic E-state index is 0.151. The molecule has 0 bridgehead atoms. The van der Waals surface area contributed by atoms with Gasteiger partial charge in [0.2, 0.25) is 0 Å². The van der Waals surface area contributed by atoms with Gasteiger partial charge in [0.15, 0.2) is 11.5 Å². The molecule has 2 aliphatic rings. The summed E-state index contributed by atoms with van der Waals surface area (Å²) in [6.07, 6.45) is 0.875. The Morgan fingerprint density at radius 3 is 2.72 bits per heavy atom. The Morgan fingerprint density at radius 1 is 1.08 bits per heavy atom. The van der Waals surface area contributed by atoms with Crippen LogP contribution in [-0.2, 0) is 6.54 Å². The van der Waals surface area contributed by atoms with Crippen LogP contribution in [0.25, 0.3) is 0 Å². The standard InChI is InChI=1S/C20H23ClN2O2/c21-17-9-14(10-19-20(17)25-8-4-7-24-19)11-23-12-16(18(22)13-23)15-5-2-1-3-6-15/h1-3,5-6,9-10,16,18H,4,7-8,11-13,22H2/t16-,18+/m0/s1. The predicted octanol–water partition coefficient (Wildman–Crippen LogP) is 3.43. The molecule has 0 amide bonds. The maximum absolute atomic E-state index is 6.41. The molecule has 2 atom stereocenters. The molecule has 5 heteroatoms. The number of hydrogen-bond donors (Lipinski definition) is 1. The molecular weight excluding hydrogens is 336 g/mol. The van der Waals surface area contributed by atoms with Gasteiger partial charge in [-0.15, -0.1) is 0 Å². The van der Waals surface area contributed by atoms with Crippen molar-refractivity contribution in [1.29, 1.82) is 0 Å². The minimum Gasteiger partial charge on any atom is -0.489 e. The average Bonchev–Trinajstić information content (AvgIpc) is 2.81. The molecule has 2 N–H and O–H groups in total. The normalized spacial score (nSPS) is 23.4. The van der Waals surface area contributed by atoms with Crippen molar-refractivity contribution in [3.63, 3.8) is 0 Å². The van der Waals surface area contributed by atoms with Crippen LogP contribution in [0.1, 0.15) is 23.5 Å². The van der Waals surface area contributed by atoms with Gasteiger partial charge in [-0.25, -0.2) is 0 Å². The number of halogens is 1. The Morgan fingerprint density at radius 2 is 1.88 bits per heavy atom. The molecule has 1 saturated heterocycles. The molecule has 2 aromatic carbocycles. The van der Waals surface area contributed by atoms with Crippen molar-refractivity contribution in [2.24, 2.45) is 5.73 Å². The highest BCUT2D eigenvalue weighted by Gasteiger charge is 2.31. The lowest BCUT2D eigenvalue weighted by Crippen LogP contribution is -2.28. The molecule has 2 heterocycles. The molecule has 1 fully saturated rings. The highest BCUT2D eigenvalue weighted by molar-refractivity contribution is 6.32. The van der Waals surface area contributed by atoms with Gasteiger partial charge in [-0.2, -0.15) is 0 Å². The first kappa shape index (κ1) is 16.7. The minimum absolute atomic E-state index is 0.151. The van der Waals surface area contributed by atoms with Crippen molar-refractivity contribution in [2.45, 2.75) is 24.9 Å². The summed E-state index contributed by atoms with van der Waals surface area (Å²) in [4.78, 5) is 2.39. The van der Waals surface area contributed by atoms with Gasteiger partial charge in [-0.05, 0) is 23.3 Å². The second kappa shape index (κ2) is 7.24. The molecule has 0 aliphatic carbocycles. The van der Waals surface area contributed by atoms with Crippen LogP contribution >= 0.6 is 11.6 Å². The molecule has 4 rings (SSSR count). The zero-order valence-electron chi connectivity index (χ0n) is 14.2. The van der Waals surface area contributed by atoms with Gasteiger partial charge in [0.25, 0.3) is 0 Å². The Kier molecular flexibility index (Phi) is 4.84. The first-order chi connectivity index (χ1) is 12.2. The summed E-state index contributed by atoms with van der Waals surface area (Å²) in [5.74, 6) is 1.79. The number of ether oxygens (including phenoxy) is 2. The number of rotatable bonds is 3. The van der Waals surface area contributed by atoms with E-state index in [0.717, 1.165) is 37.4 Å². The largest absolute Gasteiger partial charge is 0.489 e. The summed E-state index contributed by atoms with van der Waals surface area (Å²) < 4.78 is 11.5. The second-order valence-electron chi connectivity index (χ2n) is 6.83. The van der Waals surface area contributed by atoms with Crippen molar-refractivity contribution in [3.05, 3.63) is 58.6 Å². The number of likely N-dealkylation sites (tertiary alicyclic amines) is 1. The zero-order valence-corrected chi connectivity index (χ0v) is 14.9. The Labute approximate surface area is 153 Å². The van der Waals surface area contributed by atoms with Crippen LogP contribution in [0.15, 0.2) is 42.5 Å². The summed E-state index contributed by atoms with van der Waals surface area (Å²) in [6.45, 7) is 3.96. The van der Waals surface area contributed by atoms with Crippen LogP contribution in [0.2, 0.25) is 5.02 Å². The van der Waals surface area contributed by atoms with E-state index in [1.54, 1.807) is 0 Å². The third-order valence-corrected chi connectivity index (χ3v) is 5.22. The molecule has 4 nitrogen and oxygen atoms in total. The zero-order chi connectivity index (χ0) is 17.2. The Bertz CT molecular complexity index is 738. The fourth-order valence-electron chi connectivity index (χ4n) is 3.73. The maximum atomic E-state index is 6.41. The van der Waals surface area contributed by atoms with Gasteiger partial charge >= 0.3 is 0 Å². The van der Waals surface area contributed by atoms with Gasteiger partial charge in [0.05, 0.1) is 18.2 Å². The van der Waals surface area contributed by atoms with E-state index in [1.165, 1.54) is 5.56 Å². The topological polar surface area (TPSA) is 47.7 Å². The summed E-state index contributed by atoms with van der Waals surface area (Å²) in [6, 6.07) is 14.7. The quantitative estimate of drug-likeness (QED) is 0.913. The lowest BCUT2D eigenvalue weighted by atomic mass is 9.95. The predicted molar refractivity (Wildman–Crippen MR) is 99.5 cm³/mol. The van der Waals surface area contributed by atoms with Gasteiger partial charge in [0.1, 0.15) is 0 Å². The van der Waals surface area contributed by atoms with Crippen molar-refractivity contribution < 1.29 is 9.47 Å². The third kappa shape index (κ3) is 3.61. The number of benzene rings is 2. The van der Waals surface area contributed by atoms with E-state index in [2.05, 4.69) is 29.2 Å². The summed E-state index contributed by atoms with van der Waals surface area (Å²) >= 11 is 6.41. The highest BCUT2D eigenvalue weighted by Crippen LogP contribution is 2.38. The Hall–Kier alpha value is -1.75. The van der Waals surface area contributed by atoms with Gasteiger partial charge in [0, 0.05) is 38.0 Å². The molecule has 2 aliphatic heterocycles. The van der Waals surface area contributed by atoms with Gasteiger partial charge in [-0.3, -0.25) is 4.90 Å². The number of nitrogens with two attached hydrogens (primary N) is 1. The van der Waals surface area contributed by atoms with Gasteiger partial charge < -0.3 is 15.2 Å². The van der Waals surface area contributed by atoms with Crippen LogP contribution in [-0.4, -0.2) is 37.2 Å². The van der Waals surface area contributed by atoms with E-state index in [4.69, 9.17) is 26.8 Å². The summed E-state index contributed by atoms with van der Waals surface area (Å²) in [7, 11) is 0. The van der Waals surface area contributed by atoms with E-state index in [9.17, 15) is 0 Å². The Balaban J connectivity index is 1.50. The van der Waals surface area contributed by atoms with E-state index < -0.39 is 0 Å². The lowest BCUT2D eigenvalue weighted by Gasteiger charge is -2.18. The van der Waals surface area contributed by atoms with Crippen LogP contribution < -0.4 is 15.2 Å². The molecule has 0 aromatic heterocycles. The summed E-state index contributed by atoms with van der Waals surface area (Å²) in [5, 5.41) is 0.623. The number of nitrogens with zero attached hydrogens (tertiary/aromatic N) is 1. The van der Waals surface area contributed by atoms with Crippen LogP contribution in [0.3, 0.4) is 0 Å². The molecular formula is C20H23ClN2O2. The number of fused-ring (bicyclic) bond motifs is 1. The number of hydrogen-bond acceptors (Lipinski definition) is 4. The first-order valence-electron chi connectivity index (χ1n) is 8.81. The highest BCUT2D eigenvalue weighted by atomic mass is 35.5. The van der Waals surface area contributed by atoms with Crippen molar-refractivity contribution in [3.8, 4) is 11.5 Å². The van der Waals surface area contributed by atoms with Crippen molar-refractivity contribution in [2.75, 3.05) is 26.3 Å². The SMILES string of the molecule is N[C@@H]1CN(Cc2cc(Cl)c3c(c2)OCCCO3)C[C@H]1c1ccccc1. The maximum Gasteiger partial charge on any atom is 0.179 e. The van der Waals surface area contributed by atoms with E-state index in [1.807, 2.05) is 18.2 Å². The molecule has 0 unspecified atom stereocenters. The fourth-order valence-corrected chi connectivity index (χ4v) is 4.02. The van der Waals surface area contributed by atoms with Crippen molar-refractivity contribution in [1.82, 2.24) is 4.90 Å². The van der Waals surface area contributed by atoms with Crippen LogP contribution in [0, 0.1) is 0 Å².